The highest BCUT2D eigenvalue weighted by molar-refractivity contribution is 6.30. The first-order valence-corrected chi connectivity index (χ1v) is 13.7. The topological polar surface area (TPSA) is 90.2 Å². The van der Waals surface area contributed by atoms with Crippen LogP contribution < -0.4 is 0 Å². The molecule has 3 heterocycles. The molecule has 2 aromatic rings. The van der Waals surface area contributed by atoms with Gasteiger partial charge in [-0.2, -0.15) is 0 Å². The lowest BCUT2D eigenvalue weighted by atomic mass is 9.72. The number of ether oxygens (including phenoxy) is 3. The molecule has 1 N–H and O–H groups in total. The Hall–Kier alpha value is -3.07. The summed E-state index contributed by atoms with van der Waals surface area (Å²) in [6.45, 7) is 3.03. The second-order valence-electron chi connectivity index (χ2n) is 10.7. The molecule has 1 saturated heterocycles. The molecule has 4 atom stereocenters. The summed E-state index contributed by atoms with van der Waals surface area (Å²) in [5.41, 5.74) is 2.21. The Morgan fingerprint density at radius 2 is 1.97 bits per heavy atom. The lowest BCUT2D eigenvalue weighted by Gasteiger charge is -2.43. The van der Waals surface area contributed by atoms with Crippen LogP contribution in [0.2, 0.25) is 5.02 Å². The first-order chi connectivity index (χ1) is 18.8. The van der Waals surface area contributed by atoms with Crippen molar-refractivity contribution in [3.05, 3.63) is 76.8 Å². The van der Waals surface area contributed by atoms with E-state index in [1.807, 2.05) is 48.7 Å². The van der Waals surface area contributed by atoms with E-state index < -0.39 is 23.6 Å². The van der Waals surface area contributed by atoms with Crippen LogP contribution in [-0.2, 0) is 23.8 Å². The number of likely N-dealkylation sites (tertiary alicyclic amines) is 1. The van der Waals surface area contributed by atoms with Gasteiger partial charge in [0.05, 0.1) is 36.6 Å². The van der Waals surface area contributed by atoms with E-state index in [4.69, 9.17) is 25.8 Å². The first kappa shape index (κ1) is 27.5. The maximum atomic E-state index is 13.2. The molecule has 1 amide bonds. The van der Waals surface area contributed by atoms with Crippen molar-refractivity contribution in [3.63, 3.8) is 0 Å². The van der Waals surface area contributed by atoms with Crippen molar-refractivity contribution >= 4 is 23.5 Å². The van der Waals surface area contributed by atoms with Crippen LogP contribution >= 0.6 is 11.6 Å². The fourth-order valence-corrected chi connectivity index (χ4v) is 6.41. The number of hydrogen-bond acceptors (Lipinski definition) is 5. The van der Waals surface area contributed by atoms with Crippen molar-refractivity contribution in [2.75, 3.05) is 27.3 Å². The molecule has 8 nitrogen and oxygen atoms in total. The molecular formula is C30H35ClN2O6. The number of rotatable bonds is 7. The first-order valence-electron chi connectivity index (χ1n) is 13.4. The van der Waals surface area contributed by atoms with Gasteiger partial charge in [-0.25, -0.2) is 0 Å². The second-order valence-corrected chi connectivity index (χ2v) is 11.1. The van der Waals surface area contributed by atoms with Gasteiger partial charge in [0.2, 0.25) is 5.91 Å². The Balaban J connectivity index is 1.46. The van der Waals surface area contributed by atoms with Gasteiger partial charge >= 0.3 is 5.97 Å². The fraction of sp³-hybridized carbons (Fsp3) is 0.467. The van der Waals surface area contributed by atoms with Gasteiger partial charge < -0.3 is 28.8 Å². The van der Waals surface area contributed by atoms with Crippen molar-refractivity contribution in [3.8, 4) is 5.69 Å². The Morgan fingerprint density at radius 3 is 2.67 bits per heavy atom. The number of hydrogen-bond donors (Lipinski definition) is 1. The highest BCUT2D eigenvalue weighted by Gasteiger charge is 2.48. The number of methoxy groups -OCH3 is 2. The van der Waals surface area contributed by atoms with Crippen LogP contribution in [-0.4, -0.2) is 59.9 Å². The van der Waals surface area contributed by atoms with Crippen LogP contribution in [0.4, 0.5) is 0 Å². The number of nitrogens with zero attached hydrogens (tertiary/aromatic N) is 2. The summed E-state index contributed by atoms with van der Waals surface area (Å²) in [7, 11) is 3.30. The van der Waals surface area contributed by atoms with Gasteiger partial charge in [0.1, 0.15) is 11.9 Å². The quantitative estimate of drug-likeness (QED) is 0.488. The average molecular weight is 555 g/mol. The van der Waals surface area contributed by atoms with E-state index in [0.29, 0.717) is 49.6 Å². The van der Waals surface area contributed by atoms with Crippen molar-refractivity contribution in [1.29, 1.82) is 0 Å². The number of aliphatic carboxylic acids is 1. The van der Waals surface area contributed by atoms with E-state index in [2.05, 4.69) is 17.6 Å². The monoisotopic (exact) mass is 554 g/mol. The molecule has 3 aliphatic rings. The number of amides is 1. The van der Waals surface area contributed by atoms with Crippen molar-refractivity contribution in [2.45, 2.75) is 50.9 Å². The average Bonchev–Trinajstić information content (AvgIpc) is 3.37. The molecule has 0 spiro atoms. The van der Waals surface area contributed by atoms with Crippen LogP contribution in [0.25, 0.3) is 5.69 Å². The Kier molecular flexibility index (Phi) is 7.89. The van der Waals surface area contributed by atoms with E-state index in [9.17, 15) is 14.7 Å². The van der Waals surface area contributed by atoms with Gasteiger partial charge in [-0.05, 0) is 55.7 Å². The van der Waals surface area contributed by atoms with Crippen molar-refractivity contribution < 1.29 is 28.9 Å². The molecule has 1 aromatic heterocycles. The van der Waals surface area contributed by atoms with E-state index in [1.54, 1.807) is 19.1 Å². The van der Waals surface area contributed by atoms with Crippen LogP contribution in [0, 0.1) is 11.3 Å². The summed E-state index contributed by atoms with van der Waals surface area (Å²) in [5, 5.41) is 9.90. The molecule has 0 saturated carbocycles. The molecule has 0 bridgehead atoms. The molecule has 39 heavy (non-hydrogen) atoms. The number of carboxylic acids is 1. The minimum atomic E-state index is -0.786. The lowest BCUT2D eigenvalue weighted by molar-refractivity contribution is -0.146. The molecule has 1 aliphatic carbocycles. The smallest absolute Gasteiger partial charge is 0.306 e. The number of carboxylic acid groups (broad SMARTS) is 1. The maximum Gasteiger partial charge on any atom is 0.306 e. The van der Waals surface area contributed by atoms with Gasteiger partial charge in [0, 0.05) is 48.8 Å². The summed E-state index contributed by atoms with van der Waals surface area (Å²) in [4.78, 5) is 26.3. The van der Waals surface area contributed by atoms with Gasteiger partial charge in [0.25, 0.3) is 0 Å². The summed E-state index contributed by atoms with van der Waals surface area (Å²) >= 11 is 6.52. The maximum absolute atomic E-state index is 13.2. The molecular weight excluding hydrogens is 520 g/mol. The zero-order valence-corrected chi connectivity index (χ0v) is 23.3. The van der Waals surface area contributed by atoms with Crippen LogP contribution in [0.15, 0.2) is 60.5 Å². The molecule has 1 aromatic carbocycles. The van der Waals surface area contributed by atoms with E-state index >= 15 is 0 Å². The molecule has 1 fully saturated rings. The van der Waals surface area contributed by atoms with Gasteiger partial charge in [0.15, 0.2) is 0 Å². The lowest BCUT2D eigenvalue weighted by Crippen LogP contribution is -2.42. The fourth-order valence-electron chi connectivity index (χ4n) is 6.23. The number of benzene rings is 1. The van der Waals surface area contributed by atoms with Crippen LogP contribution in [0.3, 0.4) is 0 Å². The molecule has 2 aliphatic heterocycles. The van der Waals surface area contributed by atoms with E-state index in [-0.39, 0.29) is 17.9 Å². The Bertz CT molecular complexity index is 1290. The van der Waals surface area contributed by atoms with Crippen LogP contribution in [0.1, 0.15) is 56.1 Å². The summed E-state index contributed by atoms with van der Waals surface area (Å²) < 4.78 is 20.8. The predicted molar refractivity (Wildman–Crippen MR) is 147 cm³/mol. The Morgan fingerprint density at radius 1 is 1.21 bits per heavy atom. The summed E-state index contributed by atoms with van der Waals surface area (Å²) in [6, 6.07) is 9.83. The highest BCUT2D eigenvalue weighted by Crippen LogP contribution is 2.52. The van der Waals surface area contributed by atoms with E-state index in [0.717, 1.165) is 16.9 Å². The largest absolute Gasteiger partial charge is 0.498 e. The van der Waals surface area contributed by atoms with Gasteiger partial charge in [-0.15, -0.1) is 0 Å². The van der Waals surface area contributed by atoms with Gasteiger partial charge in [-0.3, -0.25) is 9.59 Å². The Labute approximate surface area is 233 Å². The molecule has 208 valence electrons. The third-order valence-electron chi connectivity index (χ3n) is 8.33. The zero-order chi connectivity index (χ0) is 27.7. The number of allylic oxidation sites excluding steroid dienone is 2. The number of carbonyl (C=O) groups excluding carboxylic acids is 1. The third-order valence-corrected chi connectivity index (χ3v) is 8.57. The van der Waals surface area contributed by atoms with E-state index in [1.165, 1.54) is 0 Å². The zero-order valence-electron chi connectivity index (χ0n) is 22.5. The second kappa shape index (κ2) is 11.2. The summed E-state index contributed by atoms with van der Waals surface area (Å²) in [5.74, 6) is -0.440. The molecule has 0 radical (unpaired) electrons. The third kappa shape index (κ3) is 5.13. The highest BCUT2D eigenvalue weighted by atomic mass is 35.5. The normalized spacial score (nSPS) is 26.8. The number of fused-ring (bicyclic) bond motifs is 3. The number of piperidine rings is 1. The molecule has 2 unspecified atom stereocenters. The van der Waals surface area contributed by atoms with Crippen molar-refractivity contribution in [2.24, 2.45) is 11.3 Å². The minimum absolute atomic E-state index is 0.0186. The van der Waals surface area contributed by atoms with Crippen LogP contribution in [0.5, 0.6) is 0 Å². The standard InChI is InChI=1S/C30H35ClN2O6/c1-30(14-4-7-25(37-2)28(30)38-3)27-21-18-20(31)8-9-22(21)33-15-5-6-23(33)24(39-27)10-11-26(34)32-16-12-19(13-17-32)29(35)36/h4-9,14-15,18-19,24,27-28H,10-13,16-17H2,1-3H3,(H,35,36)/t24-,27+,28?,30?/m1/s1. The number of aromatic nitrogens is 1. The molecule has 5 rings (SSSR count). The minimum Gasteiger partial charge on any atom is -0.498 e. The van der Waals surface area contributed by atoms with Crippen molar-refractivity contribution in [1.82, 2.24) is 9.47 Å². The number of carbonyl (C=O) groups is 2. The SMILES string of the molecule is COC1=CC=CC(C)([C@H]2O[C@H](CCC(=O)N3CCC(C(=O)O)CC3)c3cccn3-c3ccc(Cl)cc32)C1OC. The molecule has 9 heteroatoms. The predicted octanol–water partition coefficient (Wildman–Crippen LogP) is 5.47. The summed E-state index contributed by atoms with van der Waals surface area (Å²) in [6.07, 6.45) is 8.46. The van der Waals surface area contributed by atoms with Gasteiger partial charge in [-0.1, -0.05) is 30.7 Å². The number of halogens is 1.